The van der Waals surface area contributed by atoms with Crippen molar-refractivity contribution in [3.05, 3.63) is 47.0 Å². The summed E-state index contributed by atoms with van der Waals surface area (Å²) in [5.41, 5.74) is 1.17. The van der Waals surface area contributed by atoms with Crippen molar-refractivity contribution in [1.29, 1.82) is 0 Å². The maximum absolute atomic E-state index is 11.8. The quantitative estimate of drug-likeness (QED) is 0.568. The number of ketones is 1. The Labute approximate surface area is 94.5 Å². The first-order chi connectivity index (χ1) is 7.15. The van der Waals surface area contributed by atoms with Crippen molar-refractivity contribution in [1.82, 2.24) is 0 Å². The van der Waals surface area contributed by atoms with E-state index in [1.54, 1.807) is 31.4 Å². The molecule has 1 rings (SSSR count). The number of benzene rings is 1. The Morgan fingerprint density at radius 3 is 2.53 bits per heavy atom. The van der Waals surface area contributed by atoms with Crippen LogP contribution in [0, 0.1) is 0 Å². The minimum Gasteiger partial charge on any atom is -0.384 e. The highest BCUT2D eigenvalue weighted by atomic mass is 35.5. The Morgan fingerprint density at radius 2 is 2.00 bits per heavy atom. The summed E-state index contributed by atoms with van der Waals surface area (Å²) in [6.45, 7) is 4.24. The van der Waals surface area contributed by atoms with Crippen LogP contribution >= 0.6 is 11.6 Å². The summed E-state index contributed by atoms with van der Waals surface area (Å²) in [7, 11) is 1.60. The number of hydrogen-bond donors (Lipinski definition) is 0. The van der Waals surface area contributed by atoms with Crippen LogP contribution in [-0.4, -0.2) is 19.5 Å². The third-order valence-corrected chi connectivity index (χ3v) is 2.29. The van der Waals surface area contributed by atoms with E-state index in [4.69, 9.17) is 16.3 Å². The molecule has 0 bridgehead atoms. The van der Waals surface area contributed by atoms with Gasteiger partial charge in [0.05, 0.1) is 6.61 Å². The van der Waals surface area contributed by atoms with E-state index in [9.17, 15) is 4.79 Å². The number of halogens is 1. The summed E-state index contributed by atoms with van der Waals surface area (Å²) in [4.78, 5) is 11.8. The van der Waals surface area contributed by atoms with Crippen LogP contribution in [0.1, 0.15) is 16.8 Å². The maximum atomic E-state index is 11.8. The number of hydrogen-bond acceptors (Lipinski definition) is 2. The Balaban J connectivity index is 2.68. The summed E-state index contributed by atoms with van der Waals surface area (Å²) >= 11 is 5.73. The lowest BCUT2D eigenvalue weighted by Crippen LogP contribution is -2.04. The monoisotopic (exact) mass is 224 g/mol. The molecule has 0 heterocycles. The third kappa shape index (κ3) is 3.50. The van der Waals surface area contributed by atoms with Gasteiger partial charge in [0.15, 0.2) is 5.78 Å². The van der Waals surface area contributed by atoms with Crippen LogP contribution in [0.4, 0.5) is 0 Å². The summed E-state index contributed by atoms with van der Waals surface area (Å²) in [5.74, 6) is -0.0521. The number of carbonyl (C=O) groups excluding carboxylic acids is 1. The van der Waals surface area contributed by atoms with Crippen molar-refractivity contribution in [2.75, 3.05) is 13.7 Å². The molecule has 0 fully saturated rings. The number of methoxy groups -OCH3 is 1. The zero-order valence-corrected chi connectivity index (χ0v) is 9.38. The molecule has 0 spiro atoms. The molecule has 0 aliphatic heterocycles. The average molecular weight is 225 g/mol. The second kappa shape index (κ2) is 5.69. The SMILES string of the molecule is C=C(CCOC)C(=O)c1ccc(Cl)cc1. The lowest BCUT2D eigenvalue weighted by Gasteiger charge is -2.04. The van der Waals surface area contributed by atoms with Crippen molar-refractivity contribution in [3.63, 3.8) is 0 Å². The Bertz CT molecular complexity index is 354. The fourth-order valence-electron chi connectivity index (χ4n) is 1.14. The van der Waals surface area contributed by atoms with E-state index in [0.717, 1.165) is 0 Å². The van der Waals surface area contributed by atoms with Gasteiger partial charge in [-0.3, -0.25) is 4.79 Å². The fraction of sp³-hybridized carbons (Fsp3) is 0.250. The first-order valence-electron chi connectivity index (χ1n) is 4.62. The Hall–Kier alpha value is -1.12. The van der Waals surface area contributed by atoms with E-state index in [1.807, 2.05) is 0 Å². The molecule has 2 nitrogen and oxygen atoms in total. The molecule has 80 valence electrons. The van der Waals surface area contributed by atoms with E-state index >= 15 is 0 Å². The number of carbonyl (C=O) groups is 1. The summed E-state index contributed by atoms with van der Waals surface area (Å²) < 4.78 is 4.88. The van der Waals surface area contributed by atoms with Crippen LogP contribution in [-0.2, 0) is 4.74 Å². The Kier molecular flexibility index (Phi) is 4.53. The first-order valence-corrected chi connectivity index (χ1v) is 5.00. The van der Waals surface area contributed by atoms with E-state index in [-0.39, 0.29) is 5.78 Å². The largest absolute Gasteiger partial charge is 0.384 e. The van der Waals surface area contributed by atoms with Gasteiger partial charge in [-0.25, -0.2) is 0 Å². The first kappa shape index (κ1) is 12.0. The van der Waals surface area contributed by atoms with Gasteiger partial charge >= 0.3 is 0 Å². The highest BCUT2D eigenvalue weighted by Crippen LogP contribution is 2.14. The minimum atomic E-state index is -0.0521. The van der Waals surface area contributed by atoms with Crippen LogP contribution in [0.25, 0.3) is 0 Å². The molecular formula is C12H13ClO2. The van der Waals surface area contributed by atoms with Gasteiger partial charge in [0.1, 0.15) is 0 Å². The van der Waals surface area contributed by atoms with Crippen LogP contribution < -0.4 is 0 Å². The molecule has 0 unspecified atom stereocenters. The molecule has 0 aromatic heterocycles. The molecule has 0 aliphatic rings. The van der Waals surface area contributed by atoms with Crippen molar-refractivity contribution in [2.45, 2.75) is 6.42 Å². The predicted octanol–water partition coefficient (Wildman–Crippen LogP) is 3.12. The van der Waals surface area contributed by atoms with E-state index in [0.29, 0.717) is 29.2 Å². The number of Topliss-reactive ketones (excluding diaryl/α,β-unsaturated/α-hetero) is 1. The van der Waals surface area contributed by atoms with E-state index < -0.39 is 0 Å². The van der Waals surface area contributed by atoms with E-state index in [2.05, 4.69) is 6.58 Å². The summed E-state index contributed by atoms with van der Waals surface area (Å²) in [6, 6.07) is 6.78. The van der Waals surface area contributed by atoms with Crippen LogP contribution in [0.5, 0.6) is 0 Å². The highest BCUT2D eigenvalue weighted by Gasteiger charge is 2.09. The number of ether oxygens (including phenoxy) is 1. The van der Waals surface area contributed by atoms with Crippen LogP contribution in [0.15, 0.2) is 36.4 Å². The molecule has 0 aliphatic carbocycles. The van der Waals surface area contributed by atoms with Crippen molar-refractivity contribution < 1.29 is 9.53 Å². The average Bonchev–Trinajstić information content (AvgIpc) is 2.26. The number of rotatable bonds is 5. The van der Waals surface area contributed by atoms with Crippen molar-refractivity contribution in [3.8, 4) is 0 Å². The smallest absolute Gasteiger partial charge is 0.188 e. The Morgan fingerprint density at radius 1 is 1.40 bits per heavy atom. The maximum Gasteiger partial charge on any atom is 0.188 e. The van der Waals surface area contributed by atoms with Gasteiger partial charge in [0.2, 0.25) is 0 Å². The third-order valence-electron chi connectivity index (χ3n) is 2.04. The van der Waals surface area contributed by atoms with Crippen molar-refractivity contribution >= 4 is 17.4 Å². The predicted molar refractivity (Wildman–Crippen MR) is 61.4 cm³/mol. The lowest BCUT2D eigenvalue weighted by atomic mass is 10.0. The summed E-state index contributed by atoms with van der Waals surface area (Å²) in [5, 5.41) is 0.619. The molecule has 0 saturated heterocycles. The molecule has 1 aromatic carbocycles. The van der Waals surface area contributed by atoms with Gasteiger partial charge in [-0.1, -0.05) is 18.2 Å². The van der Waals surface area contributed by atoms with Gasteiger partial charge in [-0.2, -0.15) is 0 Å². The molecule has 15 heavy (non-hydrogen) atoms. The van der Waals surface area contributed by atoms with Crippen LogP contribution in [0.2, 0.25) is 5.02 Å². The van der Waals surface area contributed by atoms with Gasteiger partial charge < -0.3 is 4.74 Å². The minimum absolute atomic E-state index is 0.0521. The van der Waals surface area contributed by atoms with Crippen molar-refractivity contribution in [2.24, 2.45) is 0 Å². The molecule has 3 heteroatoms. The zero-order chi connectivity index (χ0) is 11.3. The van der Waals surface area contributed by atoms with Gasteiger partial charge in [0.25, 0.3) is 0 Å². The molecule has 0 atom stereocenters. The summed E-state index contributed by atoms with van der Waals surface area (Å²) in [6.07, 6.45) is 0.554. The fourth-order valence-corrected chi connectivity index (χ4v) is 1.27. The molecule has 0 amide bonds. The zero-order valence-electron chi connectivity index (χ0n) is 8.63. The van der Waals surface area contributed by atoms with Gasteiger partial charge in [0, 0.05) is 17.7 Å². The van der Waals surface area contributed by atoms with E-state index in [1.165, 1.54) is 0 Å². The topological polar surface area (TPSA) is 26.3 Å². The standard InChI is InChI=1S/C12H13ClO2/c1-9(7-8-15-2)12(14)10-3-5-11(13)6-4-10/h3-6H,1,7-8H2,2H3. The van der Waals surface area contributed by atoms with Gasteiger partial charge in [-0.05, 0) is 36.3 Å². The molecule has 1 aromatic rings. The second-order valence-electron chi connectivity index (χ2n) is 3.18. The lowest BCUT2D eigenvalue weighted by molar-refractivity contribution is 0.102. The van der Waals surface area contributed by atoms with Crippen LogP contribution in [0.3, 0.4) is 0 Å². The highest BCUT2D eigenvalue weighted by molar-refractivity contribution is 6.30. The molecule has 0 radical (unpaired) electrons. The second-order valence-corrected chi connectivity index (χ2v) is 3.62. The molecular weight excluding hydrogens is 212 g/mol. The molecule has 0 N–H and O–H groups in total. The molecule has 0 saturated carbocycles. The normalized spacial score (nSPS) is 10.0. The van der Waals surface area contributed by atoms with Gasteiger partial charge in [-0.15, -0.1) is 0 Å².